The summed E-state index contributed by atoms with van der Waals surface area (Å²) >= 11 is 5.67. The molecule has 0 aliphatic carbocycles. The van der Waals surface area contributed by atoms with Gasteiger partial charge in [-0.05, 0) is 24.3 Å². The van der Waals surface area contributed by atoms with Crippen molar-refractivity contribution in [3.8, 4) is 5.75 Å². The molecule has 3 heteroatoms. The van der Waals surface area contributed by atoms with Crippen LogP contribution in [0.4, 0.5) is 4.39 Å². The van der Waals surface area contributed by atoms with E-state index in [0.29, 0.717) is 11.5 Å². The zero-order chi connectivity index (χ0) is 11.5. The van der Waals surface area contributed by atoms with Crippen molar-refractivity contribution in [1.82, 2.24) is 0 Å². The van der Waals surface area contributed by atoms with Crippen molar-refractivity contribution in [3.63, 3.8) is 0 Å². The molecule has 1 rings (SSSR count). The first-order chi connectivity index (χ1) is 6.93. The Morgan fingerprint density at radius 2 is 1.80 bits per heavy atom. The first kappa shape index (κ1) is 12.1. The molecule has 0 radical (unpaired) electrons. The molecule has 0 aromatic heterocycles. The molecule has 0 fully saturated rings. The van der Waals surface area contributed by atoms with E-state index < -0.39 is 0 Å². The second kappa shape index (κ2) is 4.67. The molecule has 0 atom stereocenters. The maximum absolute atomic E-state index is 12.6. The normalized spacial score (nSPS) is 12.7. The Balaban J connectivity index is 2.81. The summed E-state index contributed by atoms with van der Waals surface area (Å²) in [7, 11) is 0. The molecular formula is C12H14ClFO. The molecule has 1 nitrogen and oxygen atoms in total. The second-order valence-corrected chi connectivity index (χ2v) is 4.50. The summed E-state index contributed by atoms with van der Waals surface area (Å²) in [6, 6.07) is 5.84. The molecular weight excluding hydrogens is 215 g/mol. The van der Waals surface area contributed by atoms with Crippen LogP contribution in [0.15, 0.2) is 35.6 Å². The molecule has 82 valence electrons. The molecule has 0 amide bonds. The molecule has 0 aliphatic rings. The van der Waals surface area contributed by atoms with Gasteiger partial charge in [-0.25, -0.2) is 4.39 Å². The standard InChI is InChI=1S/C12H14ClFO/c1-12(2,3)11(8-13)15-10-6-4-9(14)5-7-10/h4-8H,1-3H3/b11-8-. The van der Waals surface area contributed by atoms with Crippen LogP contribution in [0.2, 0.25) is 0 Å². The van der Waals surface area contributed by atoms with Crippen LogP contribution in [0.1, 0.15) is 20.8 Å². The SMILES string of the molecule is CC(C)(C)/C(=C/Cl)Oc1ccc(F)cc1. The van der Waals surface area contributed by atoms with Gasteiger partial charge < -0.3 is 4.74 Å². The molecule has 0 saturated carbocycles. The van der Waals surface area contributed by atoms with Crippen molar-refractivity contribution in [2.24, 2.45) is 5.41 Å². The Bertz CT molecular complexity index is 349. The van der Waals surface area contributed by atoms with Gasteiger partial charge in [-0.1, -0.05) is 32.4 Å². The minimum atomic E-state index is -0.283. The van der Waals surface area contributed by atoms with Crippen molar-refractivity contribution in [2.45, 2.75) is 20.8 Å². The molecule has 0 saturated heterocycles. The highest BCUT2D eigenvalue weighted by Crippen LogP contribution is 2.28. The van der Waals surface area contributed by atoms with Gasteiger partial charge in [0.25, 0.3) is 0 Å². The Labute approximate surface area is 94.5 Å². The molecule has 0 unspecified atom stereocenters. The zero-order valence-corrected chi connectivity index (χ0v) is 9.81. The van der Waals surface area contributed by atoms with E-state index in [1.54, 1.807) is 12.1 Å². The summed E-state index contributed by atoms with van der Waals surface area (Å²) in [4.78, 5) is 0. The van der Waals surface area contributed by atoms with Crippen molar-refractivity contribution in [3.05, 3.63) is 41.4 Å². The molecule has 0 bridgehead atoms. The Morgan fingerprint density at radius 3 is 2.20 bits per heavy atom. The van der Waals surface area contributed by atoms with Crippen molar-refractivity contribution in [2.75, 3.05) is 0 Å². The van der Waals surface area contributed by atoms with E-state index in [2.05, 4.69) is 0 Å². The van der Waals surface area contributed by atoms with E-state index in [-0.39, 0.29) is 11.2 Å². The lowest BCUT2D eigenvalue weighted by Gasteiger charge is -2.22. The third kappa shape index (κ3) is 3.56. The summed E-state index contributed by atoms with van der Waals surface area (Å²) in [5.41, 5.74) is 1.24. The monoisotopic (exact) mass is 228 g/mol. The van der Waals surface area contributed by atoms with Gasteiger partial charge >= 0.3 is 0 Å². The van der Waals surface area contributed by atoms with Crippen molar-refractivity contribution < 1.29 is 9.13 Å². The number of ether oxygens (including phenoxy) is 1. The van der Waals surface area contributed by atoms with Gasteiger partial charge in [0.1, 0.15) is 17.3 Å². The van der Waals surface area contributed by atoms with Crippen molar-refractivity contribution >= 4 is 11.6 Å². The van der Waals surface area contributed by atoms with Crippen LogP contribution in [0.3, 0.4) is 0 Å². The fraction of sp³-hybridized carbons (Fsp3) is 0.333. The van der Waals surface area contributed by atoms with Crippen molar-refractivity contribution in [1.29, 1.82) is 0 Å². The molecule has 0 spiro atoms. The predicted octanol–water partition coefficient (Wildman–Crippen LogP) is 4.33. The molecule has 0 aliphatic heterocycles. The molecule has 15 heavy (non-hydrogen) atoms. The topological polar surface area (TPSA) is 9.23 Å². The smallest absolute Gasteiger partial charge is 0.127 e. The quantitative estimate of drug-likeness (QED) is 0.685. The van der Waals surface area contributed by atoms with E-state index in [4.69, 9.17) is 16.3 Å². The van der Waals surface area contributed by atoms with Gasteiger partial charge in [0.2, 0.25) is 0 Å². The average Bonchev–Trinajstić information content (AvgIpc) is 2.15. The predicted molar refractivity (Wildman–Crippen MR) is 60.4 cm³/mol. The molecule has 0 heterocycles. The highest BCUT2D eigenvalue weighted by molar-refractivity contribution is 6.25. The lowest BCUT2D eigenvalue weighted by Crippen LogP contribution is -2.14. The fourth-order valence-corrected chi connectivity index (χ4v) is 1.34. The van der Waals surface area contributed by atoms with E-state index >= 15 is 0 Å². The minimum Gasteiger partial charge on any atom is -0.460 e. The van der Waals surface area contributed by atoms with Gasteiger partial charge in [0.15, 0.2) is 0 Å². The highest BCUT2D eigenvalue weighted by atomic mass is 35.5. The number of hydrogen-bond acceptors (Lipinski definition) is 1. The van der Waals surface area contributed by atoms with Gasteiger partial charge in [0.05, 0.1) is 0 Å². The van der Waals surface area contributed by atoms with E-state index in [0.717, 1.165) is 0 Å². The first-order valence-corrected chi connectivity index (χ1v) is 5.11. The lowest BCUT2D eigenvalue weighted by molar-refractivity contribution is 0.295. The van der Waals surface area contributed by atoms with Crippen LogP contribution in [-0.2, 0) is 0 Å². The third-order valence-electron chi connectivity index (χ3n) is 1.88. The summed E-state index contributed by atoms with van der Waals surface area (Å²) in [5, 5.41) is 0. The van der Waals surface area contributed by atoms with Crippen LogP contribution in [-0.4, -0.2) is 0 Å². The van der Waals surface area contributed by atoms with E-state index in [9.17, 15) is 4.39 Å². The molecule has 1 aromatic rings. The summed E-state index contributed by atoms with van der Waals surface area (Å²) < 4.78 is 18.2. The van der Waals surface area contributed by atoms with E-state index in [1.807, 2.05) is 20.8 Å². The van der Waals surface area contributed by atoms with Gasteiger partial charge in [0, 0.05) is 11.0 Å². The summed E-state index contributed by atoms with van der Waals surface area (Å²) in [5.74, 6) is 0.948. The number of halogens is 2. The van der Waals surface area contributed by atoms with Crippen LogP contribution in [0, 0.1) is 11.2 Å². The van der Waals surface area contributed by atoms with E-state index in [1.165, 1.54) is 17.7 Å². The maximum Gasteiger partial charge on any atom is 0.127 e. The van der Waals surface area contributed by atoms with Gasteiger partial charge in [-0.3, -0.25) is 0 Å². The van der Waals surface area contributed by atoms with Crippen LogP contribution in [0.5, 0.6) is 5.75 Å². The Morgan fingerprint density at radius 1 is 1.27 bits per heavy atom. The molecule has 0 N–H and O–H groups in total. The number of allylic oxidation sites excluding steroid dienone is 1. The highest BCUT2D eigenvalue weighted by Gasteiger charge is 2.19. The molecule has 1 aromatic carbocycles. The first-order valence-electron chi connectivity index (χ1n) is 4.68. The largest absolute Gasteiger partial charge is 0.460 e. The maximum atomic E-state index is 12.6. The zero-order valence-electron chi connectivity index (χ0n) is 9.05. The van der Waals surface area contributed by atoms with Gasteiger partial charge in [-0.15, -0.1) is 0 Å². The van der Waals surface area contributed by atoms with Crippen LogP contribution >= 0.6 is 11.6 Å². The van der Waals surface area contributed by atoms with Gasteiger partial charge in [-0.2, -0.15) is 0 Å². The lowest BCUT2D eigenvalue weighted by atomic mass is 9.95. The Hall–Kier alpha value is -1.02. The third-order valence-corrected chi connectivity index (χ3v) is 2.08. The number of benzene rings is 1. The Kier molecular flexibility index (Phi) is 3.75. The summed E-state index contributed by atoms with van der Waals surface area (Å²) in [6.07, 6.45) is 0. The summed E-state index contributed by atoms with van der Waals surface area (Å²) in [6.45, 7) is 5.97. The van der Waals surface area contributed by atoms with Crippen LogP contribution < -0.4 is 4.74 Å². The second-order valence-electron chi connectivity index (χ2n) is 4.28. The average molecular weight is 229 g/mol. The minimum absolute atomic E-state index is 0.170. The van der Waals surface area contributed by atoms with Crippen LogP contribution in [0.25, 0.3) is 0 Å². The number of hydrogen-bond donors (Lipinski definition) is 0. The number of rotatable bonds is 2. The fourth-order valence-electron chi connectivity index (χ4n) is 0.969.